The summed E-state index contributed by atoms with van der Waals surface area (Å²) >= 11 is 0. The van der Waals surface area contributed by atoms with Gasteiger partial charge in [-0.1, -0.05) is 24.3 Å². The highest BCUT2D eigenvalue weighted by atomic mass is 19.4. The van der Waals surface area contributed by atoms with Crippen molar-refractivity contribution in [2.45, 2.75) is 19.6 Å². The molecule has 0 saturated carbocycles. The number of carboxylic acid groups (broad SMARTS) is 1. The van der Waals surface area contributed by atoms with Gasteiger partial charge in [0.2, 0.25) is 0 Å². The molecule has 0 saturated heterocycles. The van der Waals surface area contributed by atoms with Gasteiger partial charge in [-0.15, -0.1) is 0 Å². The lowest BCUT2D eigenvalue weighted by Crippen LogP contribution is -2.18. The molecule has 0 aliphatic heterocycles. The maximum Gasteiger partial charge on any atom is 0.432 e. The van der Waals surface area contributed by atoms with Gasteiger partial charge in [0.15, 0.2) is 0 Å². The van der Waals surface area contributed by atoms with Crippen LogP contribution < -0.4 is 0 Å². The molecule has 0 radical (unpaired) electrons. The van der Waals surface area contributed by atoms with E-state index < -0.39 is 23.4 Å². The van der Waals surface area contributed by atoms with Crippen LogP contribution in [0.5, 0.6) is 0 Å². The van der Waals surface area contributed by atoms with Gasteiger partial charge >= 0.3 is 12.1 Å². The van der Waals surface area contributed by atoms with Crippen LogP contribution in [-0.2, 0) is 12.7 Å². The molecule has 0 spiro atoms. The molecule has 0 aliphatic rings. The zero-order valence-corrected chi connectivity index (χ0v) is 10.6. The summed E-state index contributed by atoms with van der Waals surface area (Å²) < 4.78 is 40.0. The van der Waals surface area contributed by atoms with Crippen LogP contribution in [0.2, 0.25) is 0 Å². The van der Waals surface area contributed by atoms with Gasteiger partial charge in [0.25, 0.3) is 0 Å². The molecule has 3 nitrogen and oxygen atoms in total. The average molecular weight is 283 g/mol. The molecule has 1 aromatic carbocycles. The summed E-state index contributed by atoms with van der Waals surface area (Å²) in [6, 6.07) is 8.02. The Kier molecular flexibility index (Phi) is 3.57. The first-order valence-electron chi connectivity index (χ1n) is 5.85. The topological polar surface area (TPSA) is 42.2 Å². The maximum absolute atomic E-state index is 13.0. The molecule has 20 heavy (non-hydrogen) atoms. The molecule has 0 atom stereocenters. The van der Waals surface area contributed by atoms with E-state index in [1.165, 1.54) is 0 Å². The van der Waals surface area contributed by atoms with Gasteiger partial charge in [-0.2, -0.15) is 13.2 Å². The molecule has 0 fully saturated rings. The first-order chi connectivity index (χ1) is 9.30. The van der Waals surface area contributed by atoms with E-state index in [-0.39, 0.29) is 6.54 Å². The predicted molar refractivity (Wildman–Crippen MR) is 66.7 cm³/mol. The third kappa shape index (κ3) is 2.68. The van der Waals surface area contributed by atoms with Crippen molar-refractivity contribution in [1.29, 1.82) is 0 Å². The SMILES string of the molecule is Cc1ccccc1Cn1ccc(C(=O)O)c1C(F)(F)F. The molecule has 106 valence electrons. The lowest BCUT2D eigenvalue weighted by molar-refractivity contribution is -0.143. The van der Waals surface area contributed by atoms with Crippen LogP contribution in [0.25, 0.3) is 0 Å². The number of aromatic nitrogens is 1. The van der Waals surface area contributed by atoms with Crippen LogP contribution in [-0.4, -0.2) is 15.6 Å². The fraction of sp³-hybridized carbons (Fsp3) is 0.214. The van der Waals surface area contributed by atoms with Gasteiger partial charge in [0.05, 0.1) is 5.56 Å². The highest BCUT2D eigenvalue weighted by Crippen LogP contribution is 2.33. The summed E-state index contributed by atoms with van der Waals surface area (Å²) in [5.41, 5.74) is -0.295. The maximum atomic E-state index is 13.0. The van der Waals surface area contributed by atoms with E-state index in [4.69, 9.17) is 5.11 Å². The molecular formula is C14H12F3NO2. The Balaban J connectivity index is 2.48. The standard InChI is InChI=1S/C14H12F3NO2/c1-9-4-2-3-5-10(9)8-18-7-6-11(13(19)20)12(18)14(15,16)17/h2-7H,8H2,1H3,(H,19,20). The Morgan fingerprint density at radius 2 is 1.90 bits per heavy atom. The number of nitrogens with zero attached hydrogens (tertiary/aromatic N) is 1. The lowest BCUT2D eigenvalue weighted by atomic mass is 10.1. The molecule has 1 aromatic heterocycles. The van der Waals surface area contributed by atoms with Crippen LogP contribution >= 0.6 is 0 Å². The minimum atomic E-state index is -4.71. The molecule has 2 rings (SSSR count). The highest BCUT2D eigenvalue weighted by molar-refractivity contribution is 5.89. The van der Waals surface area contributed by atoms with E-state index in [9.17, 15) is 18.0 Å². The third-order valence-corrected chi connectivity index (χ3v) is 3.06. The molecule has 1 heterocycles. The molecule has 6 heteroatoms. The largest absolute Gasteiger partial charge is 0.478 e. The van der Waals surface area contributed by atoms with Crippen molar-refractivity contribution in [1.82, 2.24) is 4.57 Å². The summed E-state index contributed by atoms with van der Waals surface area (Å²) in [4.78, 5) is 10.9. The van der Waals surface area contributed by atoms with Crippen LogP contribution in [0.3, 0.4) is 0 Å². The van der Waals surface area contributed by atoms with E-state index in [0.29, 0.717) is 5.56 Å². The van der Waals surface area contributed by atoms with Crippen molar-refractivity contribution < 1.29 is 23.1 Å². The fourth-order valence-electron chi connectivity index (χ4n) is 2.06. The second kappa shape index (κ2) is 5.03. The molecular weight excluding hydrogens is 271 g/mol. The van der Waals surface area contributed by atoms with E-state index in [1.54, 1.807) is 31.2 Å². The van der Waals surface area contributed by atoms with Gasteiger partial charge in [0, 0.05) is 12.7 Å². The van der Waals surface area contributed by atoms with Crippen molar-refractivity contribution in [2.24, 2.45) is 0 Å². The zero-order valence-electron chi connectivity index (χ0n) is 10.6. The number of halogens is 3. The van der Waals surface area contributed by atoms with E-state index in [2.05, 4.69) is 0 Å². The number of rotatable bonds is 3. The number of benzene rings is 1. The molecule has 0 unspecified atom stereocenters. The Morgan fingerprint density at radius 1 is 1.25 bits per heavy atom. The molecule has 2 aromatic rings. The summed E-state index contributed by atoms with van der Waals surface area (Å²) in [7, 11) is 0. The number of hydrogen-bond donors (Lipinski definition) is 1. The smallest absolute Gasteiger partial charge is 0.432 e. The van der Waals surface area contributed by atoms with E-state index >= 15 is 0 Å². The minimum Gasteiger partial charge on any atom is -0.478 e. The van der Waals surface area contributed by atoms with Gasteiger partial charge in [-0.05, 0) is 24.1 Å². The highest BCUT2D eigenvalue weighted by Gasteiger charge is 2.39. The summed E-state index contributed by atoms with van der Waals surface area (Å²) in [5, 5.41) is 8.85. The number of carbonyl (C=O) groups is 1. The van der Waals surface area contributed by atoms with Gasteiger partial charge in [0.1, 0.15) is 5.69 Å². The van der Waals surface area contributed by atoms with Crippen LogP contribution in [0.4, 0.5) is 13.2 Å². The lowest BCUT2D eigenvalue weighted by Gasteiger charge is -2.14. The quantitative estimate of drug-likeness (QED) is 0.935. The molecule has 1 N–H and O–H groups in total. The second-order valence-corrected chi connectivity index (χ2v) is 4.44. The van der Waals surface area contributed by atoms with Crippen molar-refractivity contribution in [2.75, 3.05) is 0 Å². The Labute approximate surface area is 113 Å². The number of carboxylic acids is 1. The average Bonchev–Trinajstić information content (AvgIpc) is 2.76. The van der Waals surface area contributed by atoms with Crippen molar-refractivity contribution in [3.8, 4) is 0 Å². The first-order valence-corrected chi connectivity index (χ1v) is 5.85. The van der Waals surface area contributed by atoms with Crippen LogP contribution in [0.15, 0.2) is 36.5 Å². The van der Waals surface area contributed by atoms with Crippen LogP contribution in [0.1, 0.15) is 27.2 Å². The third-order valence-electron chi connectivity index (χ3n) is 3.06. The van der Waals surface area contributed by atoms with E-state index in [0.717, 1.165) is 22.4 Å². The first kappa shape index (κ1) is 14.2. The molecule has 0 aliphatic carbocycles. The van der Waals surface area contributed by atoms with Gasteiger partial charge in [-0.25, -0.2) is 4.79 Å². The normalized spacial score (nSPS) is 11.6. The number of aromatic carboxylic acids is 1. The van der Waals surface area contributed by atoms with Crippen molar-refractivity contribution >= 4 is 5.97 Å². The second-order valence-electron chi connectivity index (χ2n) is 4.44. The number of alkyl halides is 3. The van der Waals surface area contributed by atoms with Gasteiger partial charge < -0.3 is 9.67 Å². The van der Waals surface area contributed by atoms with Crippen molar-refractivity contribution in [3.05, 3.63) is 58.9 Å². The summed E-state index contributed by atoms with van der Waals surface area (Å²) in [6.45, 7) is 1.78. The monoisotopic (exact) mass is 283 g/mol. The van der Waals surface area contributed by atoms with Gasteiger partial charge in [-0.3, -0.25) is 0 Å². The summed E-state index contributed by atoms with van der Waals surface area (Å²) in [6.07, 6.45) is -3.56. The summed E-state index contributed by atoms with van der Waals surface area (Å²) in [5.74, 6) is -1.58. The van der Waals surface area contributed by atoms with Crippen LogP contribution in [0, 0.1) is 6.92 Å². The molecule has 0 bridgehead atoms. The Hall–Kier alpha value is -2.24. The Morgan fingerprint density at radius 3 is 2.45 bits per heavy atom. The molecule has 0 amide bonds. The van der Waals surface area contributed by atoms with Crippen molar-refractivity contribution in [3.63, 3.8) is 0 Å². The Bertz CT molecular complexity index is 644. The fourth-order valence-corrected chi connectivity index (χ4v) is 2.06. The van der Waals surface area contributed by atoms with E-state index in [1.807, 2.05) is 0 Å². The number of aryl methyl sites for hydroxylation is 1. The predicted octanol–water partition coefficient (Wildman–Crippen LogP) is 3.56. The zero-order chi connectivity index (χ0) is 14.9. The number of hydrogen-bond acceptors (Lipinski definition) is 1. The minimum absolute atomic E-state index is 0.0191.